The summed E-state index contributed by atoms with van der Waals surface area (Å²) in [6, 6.07) is 6.64. The Bertz CT molecular complexity index is 449. The van der Waals surface area contributed by atoms with Crippen LogP contribution >= 0.6 is 0 Å². The fourth-order valence-corrected chi connectivity index (χ4v) is 1.34. The van der Waals surface area contributed by atoms with E-state index in [9.17, 15) is 9.59 Å². The highest BCUT2D eigenvalue weighted by Crippen LogP contribution is 2.15. The van der Waals surface area contributed by atoms with Gasteiger partial charge in [-0.1, -0.05) is 13.0 Å². The van der Waals surface area contributed by atoms with Crippen LogP contribution in [0, 0.1) is 0 Å². The SMILES string of the molecule is CC[C@@H](C)NC(=O)Nc1cccc(NC(=O)OC)c1. The Morgan fingerprint density at radius 1 is 1.26 bits per heavy atom. The quantitative estimate of drug-likeness (QED) is 0.783. The highest BCUT2D eigenvalue weighted by Gasteiger charge is 2.06. The molecule has 1 rings (SSSR count). The number of carbonyl (C=O) groups excluding carboxylic acids is 2. The van der Waals surface area contributed by atoms with Crippen molar-refractivity contribution in [2.75, 3.05) is 17.7 Å². The molecule has 0 aromatic heterocycles. The van der Waals surface area contributed by atoms with E-state index in [1.165, 1.54) is 7.11 Å². The zero-order valence-corrected chi connectivity index (χ0v) is 11.3. The molecule has 1 aromatic rings. The molecule has 0 fully saturated rings. The predicted molar refractivity (Wildman–Crippen MR) is 74.4 cm³/mol. The zero-order chi connectivity index (χ0) is 14.3. The lowest BCUT2D eigenvalue weighted by Gasteiger charge is -2.13. The van der Waals surface area contributed by atoms with Crippen molar-refractivity contribution in [1.29, 1.82) is 0 Å². The Morgan fingerprint density at radius 3 is 2.47 bits per heavy atom. The molecule has 3 N–H and O–H groups in total. The maximum absolute atomic E-state index is 11.6. The number of hydrogen-bond acceptors (Lipinski definition) is 3. The average molecular weight is 265 g/mol. The lowest BCUT2D eigenvalue weighted by atomic mass is 10.2. The fraction of sp³-hybridized carbons (Fsp3) is 0.385. The van der Waals surface area contributed by atoms with Gasteiger partial charge in [-0.15, -0.1) is 0 Å². The first kappa shape index (κ1) is 14.8. The van der Waals surface area contributed by atoms with Gasteiger partial charge < -0.3 is 15.4 Å². The lowest BCUT2D eigenvalue weighted by molar-refractivity contribution is 0.187. The first-order chi connectivity index (χ1) is 9.05. The molecule has 104 valence electrons. The van der Waals surface area contributed by atoms with E-state index in [1.807, 2.05) is 13.8 Å². The second kappa shape index (κ2) is 7.25. The van der Waals surface area contributed by atoms with Gasteiger partial charge in [-0.05, 0) is 31.5 Å². The van der Waals surface area contributed by atoms with Crippen LogP contribution in [-0.2, 0) is 4.74 Å². The van der Waals surface area contributed by atoms with Gasteiger partial charge in [-0.25, -0.2) is 9.59 Å². The van der Waals surface area contributed by atoms with Crippen molar-refractivity contribution < 1.29 is 14.3 Å². The van der Waals surface area contributed by atoms with Crippen LogP contribution in [-0.4, -0.2) is 25.3 Å². The van der Waals surface area contributed by atoms with E-state index in [0.29, 0.717) is 11.4 Å². The molecule has 1 atom stereocenters. The van der Waals surface area contributed by atoms with Gasteiger partial charge in [0.05, 0.1) is 7.11 Å². The normalized spacial score (nSPS) is 11.3. The summed E-state index contributed by atoms with van der Waals surface area (Å²) >= 11 is 0. The molecular formula is C13H19N3O3. The number of rotatable bonds is 4. The van der Waals surface area contributed by atoms with Crippen LogP contribution in [0.1, 0.15) is 20.3 Å². The molecule has 0 bridgehead atoms. The van der Waals surface area contributed by atoms with Gasteiger partial charge in [0.25, 0.3) is 0 Å². The summed E-state index contributed by atoms with van der Waals surface area (Å²) in [5.74, 6) is 0. The van der Waals surface area contributed by atoms with Gasteiger partial charge in [0.15, 0.2) is 0 Å². The largest absolute Gasteiger partial charge is 0.453 e. The molecule has 0 aliphatic heterocycles. The number of benzene rings is 1. The molecule has 6 nitrogen and oxygen atoms in total. The number of ether oxygens (including phenoxy) is 1. The average Bonchev–Trinajstić information content (AvgIpc) is 2.38. The van der Waals surface area contributed by atoms with E-state index in [4.69, 9.17) is 0 Å². The molecule has 0 radical (unpaired) electrons. The molecule has 0 heterocycles. The highest BCUT2D eigenvalue weighted by atomic mass is 16.5. The van der Waals surface area contributed by atoms with Crippen LogP contribution in [0.5, 0.6) is 0 Å². The van der Waals surface area contributed by atoms with Crippen LogP contribution in [0.3, 0.4) is 0 Å². The summed E-state index contributed by atoms with van der Waals surface area (Å²) in [5.41, 5.74) is 1.14. The summed E-state index contributed by atoms with van der Waals surface area (Å²) in [5, 5.41) is 8.01. The number of nitrogens with one attached hydrogen (secondary N) is 3. The Kier molecular flexibility index (Phi) is 5.66. The Morgan fingerprint density at radius 2 is 1.89 bits per heavy atom. The first-order valence-corrected chi connectivity index (χ1v) is 6.07. The predicted octanol–water partition coefficient (Wildman–Crippen LogP) is 2.78. The first-order valence-electron chi connectivity index (χ1n) is 6.07. The van der Waals surface area contributed by atoms with Crippen molar-refractivity contribution in [3.8, 4) is 0 Å². The highest BCUT2D eigenvalue weighted by molar-refractivity contribution is 5.91. The molecule has 0 saturated carbocycles. The van der Waals surface area contributed by atoms with Gasteiger partial charge in [-0.3, -0.25) is 5.32 Å². The second-order valence-electron chi connectivity index (χ2n) is 4.11. The number of hydrogen-bond donors (Lipinski definition) is 3. The van der Waals surface area contributed by atoms with E-state index in [0.717, 1.165) is 6.42 Å². The Labute approximate surface area is 112 Å². The van der Waals surface area contributed by atoms with Crippen molar-refractivity contribution in [2.24, 2.45) is 0 Å². The number of carbonyl (C=O) groups is 2. The topological polar surface area (TPSA) is 79.5 Å². The summed E-state index contributed by atoms with van der Waals surface area (Å²) in [6.45, 7) is 3.92. The maximum Gasteiger partial charge on any atom is 0.411 e. The van der Waals surface area contributed by atoms with E-state index in [2.05, 4.69) is 20.7 Å². The molecule has 0 spiro atoms. The Hall–Kier alpha value is -2.24. The van der Waals surface area contributed by atoms with E-state index in [1.54, 1.807) is 24.3 Å². The van der Waals surface area contributed by atoms with Crippen LogP contribution in [0.4, 0.5) is 21.0 Å². The van der Waals surface area contributed by atoms with Crippen molar-refractivity contribution in [3.05, 3.63) is 24.3 Å². The van der Waals surface area contributed by atoms with E-state index >= 15 is 0 Å². The molecular weight excluding hydrogens is 246 g/mol. The fourth-order valence-electron chi connectivity index (χ4n) is 1.34. The molecule has 19 heavy (non-hydrogen) atoms. The maximum atomic E-state index is 11.6. The van der Waals surface area contributed by atoms with Gasteiger partial charge in [0, 0.05) is 17.4 Å². The summed E-state index contributed by atoms with van der Waals surface area (Å²) < 4.78 is 4.49. The third-order valence-electron chi connectivity index (χ3n) is 2.54. The summed E-state index contributed by atoms with van der Waals surface area (Å²) in [6.07, 6.45) is 0.304. The number of methoxy groups -OCH3 is 1. The molecule has 6 heteroatoms. The molecule has 3 amide bonds. The third-order valence-corrected chi connectivity index (χ3v) is 2.54. The minimum Gasteiger partial charge on any atom is -0.453 e. The number of urea groups is 1. The van der Waals surface area contributed by atoms with Gasteiger partial charge in [0.1, 0.15) is 0 Å². The van der Waals surface area contributed by atoms with Gasteiger partial charge >= 0.3 is 12.1 Å². The van der Waals surface area contributed by atoms with Crippen molar-refractivity contribution in [2.45, 2.75) is 26.3 Å². The summed E-state index contributed by atoms with van der Waals surface area (Å²) in [4.78, 5) is 22.7. The monoisotopic (exact) mass is 265 g/mol. The number of amides is 3. The zero-order valence-electron chi connectivity index (χ0n) is 11.3. The van der Waals surface area contributed by atoms with Crippen LogP contribution in [0.25, 0.3) is 0 Å². The minimum absolute atomic E-state index is 0.108. The van der Waals surface area contributed by atoms with E-state index < -0.39 is 6.09 Å². The van der Waals surface area contributed by atoms with Gasteiger partial charge in [-0.2, -0.15) is 0 Å². The smallest absolute Gasteiger partial charge is 0.411 e. The molecule has 0 aliphatic rings. The van der Waals surface area contributed by atoms with Crippen molar-refractivity contribution in [1.82, 2.24) is 5.32 Å². The van der Waals surface area contributed by atoms with Crippen LogP contribution in [0.2, 0.25) is 0 Å². The summed E-state index contributed by atoms with van der Waals surface area (Å²) in [7, 11) is 1.29. The molecule has 0 aliphatic carbocycles. The Balaban J connectivity index is 2.61. The van der Waals surface area contributed by atoms with Crippen LogP contribution < -0.4 is 16.0 Å². The van der Waals surface area contributed by atoms with Crippen LogP contribution in [0.15, 0.2) is 24.3 Å². The molecule has 0 saturated heterocycles. The molecule has 0 unspecified atom stereocenters. The van der Waals surface area contributed by atoms with Gasteiger partial charge in [0.2, 0.25) is 0 Å². The molecule has 1 aromatic carbocycles. The van der Waals surface area contributed by atoms with Crippen molar-refractivity contribution in [3.63, 3.8) is 0 Å². The third kappa shape index (κ3) is 5.29. The van der Waals surface area contributed by atoms with Crippen molar-refractivity contribution >= 4 is 23.5 Å². The minimum atomic E-state index is -0.554. The number of anilines is 2. The second-order valence-corrected chi connectivity index (χ2v) is 4.11. The van der Waals surface area contributed by atoms with E-state index in [-0.39, 0.29) is 12.1 Å². The standard InChI is InChI=1S/C13H19N3O3/c1-4-9(2)14-12(17)15-10-6-5-7-11(8-10)16-13(18)19-3/h5-9H,4H2,1-3H3,(H,16,18)(H2,14,15,17)/t9-/m1/s1. The lowest BCUT2D eigenvalue weighted by Crippen LogP contribution is -2.35.